The smallest absolute Gasteiger partial charge is 0.326 e. The van der Waals surface area contributed by atoms with Gasteiger partial charge in [-0.05, 0) is 63.7 Å². The SMILES string of the molecule is CC(C)C[C@H](NC(=O)[C@@H](NC(=O)[C@@H](NC(=O)CNC(=O)[C@H](CC(=O)O)NC(=O)[C@H](CC(C)C)NC(=O)[C@@H](N)CCCN=C(N)N)[C@@H](C)O)[C@@H](C)O)C(=O)N[C@@H](CCC(=O)O)C(=O)N[C@H](C(=O)O)C(C)C. The number of carbonyl (C=O) groups excluding carboxylic acids is 8. The Hall–Kier alpha value is -6.68. The van der Waals surface area contributed by atoms with Crippen LogP contribution in [-0.2, 0) is 52.7 Å². The van der Waals surface area contributed by atoms with E-state index in [1.807, 2.05) is 0 Å². The Morgan fingerprint density at radius 2 is 0.957 bits per heavy atom. The maximum absolute atomic E-state index is 13.6. The lowest BCUT2D eigenvalue weighted by Crippen LogP contribution is -2.62. The molecule has 0 aromatic rings. The molecule has 0 aromatic carbocycles. The van der Waals surface area contributed by atoms with Crippen molar-refractivity contribution in [2.45, 2.75) is 161 Å². The van der Waals surface area contributed by atoms with Crippen LogP contribution in [0.25, 0.3) is 0 Å². The number of hydrogen-bond donors (Lipinski definition) is 16. The summed E-state index contributed by atoms with van der Waals surface area (Å²) in [6.07, 6.45) is -5.03. The van der Waals surface area contributed by atoms with Gasteiger partial charge < -0.3 is 85.3 Å². The number of rotatable bonds is 33. The highest BCUT2D eigenvalue weighted by Gasteiger charge is 2.36. The third-order valence-corrected chi connectivity index (χ3v) is 10.1. The highest BCUT2D eigenvalue weighted by molar-refractivity contribution is 5.98. The molecule has 0 aromatic heterocycles. The molecule has 0 heterocycles. The first-order valence-electron chi connectivity index (χ1n) is 22.6. The summed E-state index contributed by atoms with van der Waals surface area (Å²) in [6.45, 7) is 11.2. The van der Waals surface area contributed by atoms with Crippen LogP contribution < -0.4 is 59.7 Å². The number of nitrogens with one attached hydrogen (secondary N) is 8. The molecular weight excluding hydrogens is 929 g/mol. The van der Waals surface area contributed by atoms with Crippen molar-refractivity contribution in [1.29, 1.82) is 0 Å². The molecule has 0 aliphatic rings. The molecule has 0 unspecified atom stereocenters. The molecule has 19 N–H and O–H groups in total. The average molecular weight is 1000 g/mol. The molecule has 10 atom stereocenters. The molecule has 0 fully saturated rings. The highest BCUT2D eigenvalue weighted by Crippen LogP contribution is 2.11. The van der Waals surface area contributed by atoms with Crippen LogP contribution in [0.1, 0.15) is 100 Å². The van der Waals surface area contributed by atoms with E-state index in [0.29, 0.717) is 6.42 Å². The number of nitrogens with two attached hydrogens (primary N) is 3. The number of aliphatic carboxylic acids is 3. The van der Waals surface area contributed by atoms with Crippen molar-refractivity contribution in [1.82, 2.24) is 42.5 Å². The maximum atomic E-state index is 13.6. The summed E-state index contributed by atoms with van der Waals surface area (Å²) >= 11 is 0. The number of hydrogen-bond acceptors (Lipinski definition) is 15. The monoisotopic (exact) mass is 1000 g/mol. The second-order valence-electron chi connectivity index (χ2n) is 17.9. The lowest BCUT2D eigenvalue weighted by Gasteiger charge is -2.29. The highest BCUT2D eigenvalue weighted by atomic mass is 16.4. The lowest BCUT2D eigenvalue weighted by atomic mass is 10.0. The summed E-state index contributed by atoms with van der Waals surface area (Å²) in [6, 6.07) is -12.3. The zero-order valence-electron chi connectivity index (χ0n) is 40.8. The molecule has 0 saturated carbocycles. The van der Waals surface area contributed by atoms with Crippen LogP contribution in [0.2, 0.25) is 0 Å². The summed E-state index contributed by atoms with van der Waals surface area (Å²) in [4.78, 5) is 145. The van der Waals surface area contributed by atoms with Crippen molar-refractivity contribution >= 4 is 71.1 Å². The van der Waals surface area contributed by atoms with E-state index in [-0.39, 0.29) is 43.6 Å². The topological polar surface area (TPSA) is 476 Å². The van der Waals surface area contributed by atoms with Gasteiger partial charge in [0.05, 0.1) is 31.2 Å². The zero-order chi connectivity index (χ0) is 54.2. The standard InChI is InChI=1S/C42H74N12O16/c1-18(2)14-25(49-34(62)23(43)10-9-13-46-42(44)45)38(66)50-27(16-30(60)61)35(63)47-17-28(57)52-32(21(7)55)40(68)54-33(22(8)56)39(67)51-26(15-19(3)4)37(65)48-24(11-12-29(58)59)36(64)53-31(20(5)6)41(69)70/h18-27,31-33,55-56H,9-17,43H2,1-8H3,(H,47,63)(H,48,65)(H,49,62)(H,50,66)(H,51,67)(H,52,57)(H,53,64)(H,54,68)(H,58,59)(H,60,61)(H,69,70)(H4,44,45,46)/t21-,22-,23+,24+,25+,26+,27+,31+,32+,33+/m1/s1. The molecule has 28 nitrogen and oxygen atoms in total. The minimum atomic E-state index is -1.87. The molecule has 28 heteroatoms. The molecule has 0 saturated heterocycles. The number of aliphatic imine (C=N–C) groups is 1. The Morgan fingerprint density at radius 3 is 1.40 bits per heavy atom. The van der Waals surface area contributed by atoms with E-state index in [1.54, 1.807) is 27.7 Å². The number of aliphatic hydroxyl groups is 2. The Labute approximate surface area is 405 Å². The summed E-state index contributed by atoms with van der Waals surface area (Å²) in [5.41, 5.74) is 16.5. The van der Waals surface area contributed by atoms with Crippen molar-refractivity contribution in [2.75, 3.05) is 13.1 Å². The molecule has 0 aliphatic heterocycles. The summed E-state index contributed by atoms with van der Waals surface area (Å²) in [5.74, 6) is -13.9. The van der Waals surface area contributed by atoms with Crippen LogP contribution in [0.4, 0.5) is 0 Å². The molecule has 8 amide bonds. The second-order valence-corrected chi connectivity index (χ2v) is 17.9. The molecule has 0 spiro atoms. The third-order valence-electron chi connectivity index (χ3n) is 10.1. The van der Waals surface area contributed by atoms with Crippen LogP contribution in [0, 0.1) is 17.8 Å². The fourth-order valence-electron chi connectivity index (χ4n) is 6.40. The van der Waals surface area contributed by atoms with Crippen LogP contribution >= 0.6 is 0 Å². The van der Waals surface area contributed by atoms with E-state index in [9.17, 15) is 78.3 Å². The normalized spacial score (nSPS) is 15.5. The largest absolute Gasteiger partial charge is 0.481 e. The Balaban J connectivity index is 6.09. The molecular formula is C42H74N12O16. The number of carboxylic acids is 3. The van der Waals surface area contributed by atoms with Gasteiger partial charge in [-0.25, -0.2) is 4.79 Å². The Kier molecular flexibility index (Phi) is 28.4. The first-order valence-corrected chi connectivity index (χ1v) is 22.6. The van der Waals surface area contributed by atoms with Gasteiger partial charge in [0.2, 0.25) is 47.3 Å². The van der Waals surface area contributed by atoms with Crippen LogP contribution in [0.3, 0.4) is 0 Å². The van der Waals surface area contributed by atoms with Crippen LogP contribution in [-0.4, -0.2) is 170 Å². The van der Waals surface area contributed by atoms with Crippen molar-refractivity contribution in [3.63, 3.8) is 0 Å². The van der Waals surface area contributed by atoms with Gasteiger partial charge in [-0.3, -0.25) is 52.9 Å². The minimum absolute atomic E-state index is 0.0452. The summed E-state index contributed by atoms with van der Waals surface area (Å²) in [5, 5.41) is 67.5. The van der Waals surface area contributed by atoms with Gasteiger partial charge in [-0.1, -0.05) is 41.5 Å². The van der Waals surface area contributed by atoms with Gasteiger partial charge in [0.15, 0.2) is 5.96 Å². The van der Waals surface area contributed by atoms with E-state index in [1.165, 1.54) is 13.8 Å². The predicted molar refractivity (Wildman–Crippen MR) is 248 cm³/mol. The Morgan fingerprint density at radius 1 is 0.514 bits per heavy atom. The van der Waals surface area contributed by atoms with Crippen molar-refractivity contribution in [3.05, 3.63) is 0 Å². The summed E-state index contributed by atoms with van der Waals surface area (Å²) < 4.78 is 0. The number of aliphatic hydroxyl groups excluding tert-OH is 2. The lowest BCUT2D eigenvalue weighted by molar-refractivity contribution is -0.144. The fourth-order valence-corrected chi connectivity index (χ4v) is 6.40. The second kappa shape index (κ2) is 31.4. The van der Waals surface area contributed by atoms with E-state index >= 15 is 0 Å². The number of carboxylic acid groups (broad SMARTS) is 3. The maximum Gasteiger partial charge on any atom is 0.326 e. The number of nitrogens with zero attached hydrogens (tertiary/aromatic N) is 1. The van der Waals surface area contributed by atoms with Crippen molar-refractivity contribution in [3.8, 4) is 0 Å². The van der Waals surface area contributed by atoms with E-state index in [2.05, 4.69) is 47.5 Å². The average Bonchev–Trinajstić information content (AvgIpc) is 3.23. The predicted octanol–water partition coefficient (Wildman–Crippen LogP) is -5.19. The molecule has 70 heavy (non-hydrogen) atoms. The van der Waals surface area contributed by atoms with Gasteiger partial charge >= 0.3 is 17.9 Å². The van der Waals surface area contributed by atoms with Gasteiger partial charge in [-0.15, -0.1) is 0 Å². The van der Waals surface area contributed by atoms with E-state index < -0.39 is 157 Å². The van der Waals surface area contributed by atoms with E-state index in [4.69, 9.17) is 17.2 Å². The van der Waals surface area contributed by atoms with Gasteiger partial charge in [0, 0.05) is 13.0 Å². The van der Waals surface area contributed by atoms with Crippen LogP contribution in [0.15, 0.2) is 4.99 Å². The summed E-state index contributed by atoms with van der Waals surface area (Å²) in [7, 11) is 0. The number of amides is 8. The molecule has 398 valence electrons. The number of guanidine groups is 1. The first kappa shape index (κ1) is 63.3. The van der Waals surface area contributed by atoms with Gasteiger partial charge in [0.1, 0.15) is 42.3 Å². The van der Waals surface area contributed by atoms with Gasteiger partial charge in [0.25, 0.3) is 0 Å². The third kappa shape index (κ3) is 25.1. The van der Waals surface area contributed by atoms with Crippen molar-refractivity contribution in [2.24, 2.45) is 39.9 Å². The van der Waals surface area contributed by atoms with Crippen LogP contribution in [0.5, 0.6) is 0 Å². The number of carbonyl (C=O) groups is 11. The molecule has 0 radical (unpaired) electrons. The van der Waals surface area contributed by atoms with Gasteiger partial charge in [-0.2, -0.15) is 0 Å². The molecule has 0 rings (SSSR count). The first-order chi connectivity index (χ1) is 32.4. The zero-order valence-corrected chi connectivity index (χ0v) is 40.8. The van der Waals surface area contributed by atoms with Crippen molar-refractivity contribution < 1.29 is 78.3 Å². The molecule has 0 bridgehead atoms. The Bertz CT molecular complexity index is 1860. The van der Waals surface area contributed by atoms with E-state index in [0.717, 1.165) is 13.8 Å². The quantitative estimate of drug-likeness (QED) is 0.0166. The molecule has 0 aliphatic carbocycles. The fraction of sp³-hybridized carbons (Fsp3) is 0.714. The minimum Gasteiger partial charge on any atom is -0.481 e.